The molecule has 0 spiro atoms. The van der Waals surface area contributed by atoms with Crippen molar-refractivity contribution in [2.24, 2.45) is 0 Å². The van der Waals surface area contributed by atoms with Crippen molar-refractivity contribution in [2.45, 2.75) is 39.7 Å². The van der Waals surface area contributed by atoms with Gasteiger partial charge in [-0.25, -0.2) is 4.79 Å². The smallest absolute Gasteiger partial charge is 0.407 e. The van der Waals surface area contributed by atoms with Crippen LogP contribution in [-0.2, 0) is 9.53 Å². The summed E-state index contributed by atoms with van der Waals surface area (Å²) in [6.45, 7) is 7.63. The van der Waals surface area contributed by atoms with Gasteiger partial charge in [-0.1, -0.05) is 17.7 Å². The van der Waals surface area contributed by atoms with Crippen molar-refractivity contribution >= 4 is 17.7 Å². The van der Waals surface area contributed by atoms with Crippen LogP contribution in [0.1, 0.15) is 32.8 Å². The molecule has 1 N–H and O–H groups in total. The fourth-order valence-corrected chi connectivity index (χ4v) is 1.67. The molecule has 116 valence electrons. The van der Waals surface area contributed by atoms with Crippen LogP contribution in [0, 0.1) is 6.92 Å². The van der Waals surface area contributed by atoms with Gasteiger partial charge in [-0.2, -0.15) is 0 Å². The normalized spacial score (nSPS) is 10.9. The molecular weight excluding hydrogens is 268 g/mol. The number of amides is 2. The number of carbonyl (C=O) groups excluding carboxylic acids is 2. The van der Waals surface area contributed by atoms with Gasteiger partial charge in [-0.3, -0.25) is 4.79 Å². The van der Waals surface area contributed by atoms with Gasteiger partial charge in [-0.15, -0.1) is 0 Å². The van der Waals surface area contributed by atoms with Gasteiger partial charge in [0.05, 0.1) is 0 Å². The zero-order valence-corrected chi connectivity index (χ0v) is 13.4. The molecule has 0 aliphatic carbocycles. The summed E-state index contributed by atoms with van der Waals surface area (Å²) in [6, 6.07) is 7.71. The van der Waals surface area contributed by atoms with E-state index in [1.54, 1.807) is 32.7 Å². The molecule has 1 aromatic carbocycles. The second kappa shape index (κ2) is 7.11. The highest BCUT2D eigenvalue weighted by Crippen LogP contribution is 2.14. The van der Waals surface area contributed by atoms with Crippen LogP contribution in [0.4, 0.5) is 10.5 Å². The molecule has 21 heavy (non-hydrogen) atoms. The average Bonchev–Trinajstić information content (AvgIpc) is 2.36. The van der Waals surface area contributed by atoms with Crippen molar-refractivity contribution in [2.75, 3.05) is 18.5 Å². The number of nitrogens with one attached hydrogen (secondary N) is 1. The Balaban J connectivity index is 2.40. The van der Waals surface area contributed by atoms with E-state index in [9.17, 15) is 9.59 Å². The van der Waals surface area contributed by atoms with Crippen molar-refractivity contribution in [3.8, 4) is 0 Å². The minimum atomic E-state index is -0.535. The van der Waals surface area contributed by atoms with E-state index in [1.807, 2.05) is 31.2 Å². The lowest BCUT2D eigenvalue weighted by molar-refractivity contribution is -0.118. The zero-order valence-electron chi connectivity index (χ0n) is 13.4. The van der Waals surface area contributed by atoms with Gasteiger partial charge >= 0.3 is 6.09 Å². The highest BCUT2D eigenvalue weighted by atomic mass is 16.6. The van der Waals surface area contributed by atoms with Crippen LogP contribution in [0.3, 0.4) is 0 Å². The molecule has 0 fully saturated rings. The summed E-state index contributed by atoms with van der Waals surface area (Å²) in [4.78, 5) is 25.1. The van der Waals surface area contributed by atoms with Gasteiger partial charge in [0.2, 0.25) is 5.91 Å². The quantitative estimate of drug-likeness (QED) is 0.928. The van der Waals surface area contributed by atoms with Crippen LogP contribution in [-0.4, -0.2) is 31.2 Å². The first-order valence-electron chi connectivity index (χ1n) is 6.99. The van der Waals surface area contributed by atoms with Crippen molar-refractivity contribution in [3.05, 3.63) is 29.8 Å². The van der Waals surface area contributed by atoms with Gasteiger partial charge in [0.25, 0.3) is 0 Å². The largest absolute Gasteiger partial charge is 0.444 e. The topological polar surface area (TPSA) is 58.6 Å². The Bertz CT molecular complexity index is 489. The molecule has 0 saturated carbocycles. The number of anilines is 1. The molecule has 1 aromatic rings. The average molecular weight is 292 g/mol. The molecule has 0 aromatic heterocycles. The number of rotatable bonds is 4. The fraction of sp³-hybridized carbons (Fsp3) is 0.500. The third-order valence-electron chi connectivity index (χ3n) is 2.80. The van der Waals surface area contributed by atoms with E-state index in [0.717, 1.165) is 11.3 Å². The molecule has 0 aliphatic rings. The molecule has 0 aliphatic heterocycles. The third kappa shape index (κ3) is 6.29. The first kappa shape index (κ1) is 17.0. The van der Waals surface area contributed by atoms with Crippen molar-refractivity contribution in [1.82, 2.24) is 5.32 Å². The third-order valence-corrected chi connectivity index (χ3v) is 2.80. The number of aryl methyl sites for hydroxylation is 1. The first-order chi connectivity index (χ1) is 9.69. The number of hydrogen-bond acceptors (Lipinski definition) is 3. The first-order valence-corrected chi connectivity index (χ1v) is 6.99. The van der Waals surface area contributed by atoms with E-state index < -0.39 is 11.7 Å². The molecule has 0 saturated heterocycles. The highest BCUT2D eigenvalue weighted by Gasteiger charge is 2.16. The van der Waals surface area contributed by atoms with Gasteiger partial charge in [0, 0.05) is 25.7 Å². The Morgan fingerprint density at radius 1 is 1.19 bits per heavy atom. The molecule has 2 amide bonds. The van der Waals surface area contributed by atoms with Gasteiger partial charge in [0.15, 0.2) is 0 Å². The number of hydrogen-bond donors (Lipinski definition) is 1. The Kier molecular flexibility index (Phi) is 5.76. The summed E-state index contributed by atoms with van der Waals surface area (Å²) in [5.41, 5.74) is 1.45. The van der Waals surface area contributed by atoms with E-state index >= 15 is 0 Å². The number of alkyl carbamates (subject to hydrolysis) is 1. The molecule has 0 heterocycles. The van der Waals surface area contributed by atoms with E-state index in [4.69, 9.17) is 4.74 Å². The Hall–Kier alpha value is -2.04. The lowest BCUT2D eigenvalue weighted by atomic mass is 10.2. The number of nitrogens with zero attached hydrogens (tertiary/aromatic N) is 1. The molecule has 5 nitrogen and oxygen atoms in total. The zero-order chi connectivity index (χ0) is 16.0. The number of ether oxygens (including phenoxy) is 1. The van der Waals surface area contributed by atoms with E-state index in [1.165, 1.54) is 0 Å². The highest BCUT2D eigenvalue weighted by molar-refractivity contribution is 5.93. The number of carbonyl (C=O) groups is 2. The van der Waals surface area contributed by atoms with Crippen molar-refractivity contribution in [1.29, 1.82) is 0 Å². The summed E-state index contributed by atoms with van der Waals surface area (Å²) >= 11 is 0. The van der Waals surface area contributed by atoms with Crippen molar-refractivity contribution < 1.29 is 14.3 Å². The second-order valence-corrected chi connectivity index (χ2v) is 5.97. The predicted octanol–water partition coefficient (Wildman–Crippen LogP) is 2.87. The van der Waals surface area contributed by atoms with Crippen LogP contribution in [0.2, 0.25) is 0 Å². The standard InChI is InChI=1S/C16H24N2O3/c1-12-6-8-13(9-7-12)18(5)14(19)10-11-17-15(20)21-16(2,3)4/h6-9H,10-11H2,1-5H3,(H,17,20). The monoisotopic (exact) mass is 292 g/mol. The summed E-state index contributed by atoms with van der Waals surface area (Å²) < 4.78 is 5.10. The number of benzene rings is 1. The molecule has 1 rings (SSSR count). The van der Waals surface area contributed by atoms with E-state index in [-0.39, 0.29) is 18.9 Å². The van der Waals surface area contributed by atoms with E-state index in [0.29, 0.717) is 0 Å². The maximum atomic E-state index is 12.0. The van der Waals surface area contributed by atoms with Crippen LogP contribution in [0.25, 0.3) is 0 Å². The van der Waals surface area contributed by atoms with Gasteiger partial charge in [-0.05, 0) is 39.8 Å². The fourth-order valence-electron chi connectivity index (χ4n) is 1.67. The summed E-state index contributed by atoms with van der Waals surface area (Å²) in [5, 5.41) is 2.58. The van der Waals surface area contributed by atoms with Crippen molar-refractivity contribution in [3.63, 3.8) is 0 Å². The minimum absolute atomic E-state index is 0.0603. The molecule has 5 heteroatoms. The lowest BCUT2D eigenvalue weighted by Crippen LogP contribution is -2.35. The maximum Gasteiger partial charge on any atom is 0.407 e. The van der Waals surface area contributed by atoms with Crippen LogP contribution in [0.15, 0.2) is 24.3 Å². The molecular formula is C16H24N2O3. The van der Waals surface area contributed by atoms with Crippen LogP contribution in [0.5, 0.6) is 0 Å². The SMILES string of the molecule is Cc1ccc(N(C)C(=O)CCNC(=O)OC(C)(C)C)cc1. The van der Waals surface area contributed by atoms with Crippen LogP contribution < -0.4 is 10.2 Å². The summed E-state index contributed by atoms with van der Waals surface area (Å²) in [7, 11) is 1.72. The minimum Gasteiger partial charge on any atom is -0.444 e. The molecule has 0 bridgehead atoms. The maximum absolute atomic E-state index is 12.0. The Morgan fingerprint density at radius 3 is 2.29 bits per heavy atom. The summed E-state index contributed by atoms with van der Waals surface area (Å²) in [6.07, 6.45) is -0.280. The van der Waals surface area contributed by atoms with Gasteiger partial charge < -0.3 is 15.0 Å². The Morgan fingerprint density at radius 2 is 1.76 bits per heavy atom. The summed E-state index contributed by atoms with van der Waals surface area (Å²) in [5.74, 6) is -0.0603. The molecule has 0 unspecified atom stereocenters. The van der Waals surface area contributed by atoms with Crippen LogP contribution >= 0.6 is 0 Å². The molecule has 0 atom stereocenters. The van der Waals surface area contributed by atoms with Gasteiger partial charge in [0.1, 0.15) is 5.60 Å². The van der Waals surface area contributed by atoms with E-state index in [2.05, 4.69) is 5.32 Å². The second-order valence-electron chi connectivity index (χ2n) is 5.97. The molecule has 0 radical (unpaired) electrons. The Labute approximate surface area is 126 Å². The predicted molar refractivity (Wildman–Crippen MR) is 83.4 cm³/mol. The lowest BCUT2D eigenvalue weighted by Gasteiger charge is -2.20.